The molecule has 0 amide bonds. The lowest BCUT2D eigenvalue weighted by atomic mass is 9.96. The Morgan fingerprint density at radius 3 is 2.65 bits per heavy atom. The molecule has 0 atom stereocenters. The third kappa shape index (κ3) is 2.83. The molecule has 1 aliphatic carbocycles. The Balaban J connectivity index is 2.15. The molecule has 0 saturated heterocycles. The number of likely N-dealkylation sites (N-methyl/N-ethyl adjacent to an activating group) is 1. The molecule has 0 aliphatic heterocycles. The normalized spacial score (nSPS) is 17.6. The summed E-state index contributed by atoms with van der Waals surface area (Å²) in [5.74, 6) is 0. The molecule has 20 heavy (non-hydrogen) atoms. The summed E-state index contributed by atoms with van der Waals surface area (Å²) in [5.41, 5.74) is 0.558. The maximum atomic E-state index is 11.9. The van der Waals surface area contributed by atoms with E-state index in [9.17, 15) is 4.79 Å². The van der Waals surface area contributed by atoms with E-state index in [-0.39, 0.29) is 16.1 Å². The number of nitrogens with zero attached hydrogens (tertiary/aromatic N) is 3. The highest BCUT2D eigenvalue weighted by molar-refractivity contribution is 6.32. The molecule has 1 aliphatic rings. The summed E-state index contributed by atoms with van der Waals surface area (Å²) in [6.45, 7) is 3.19. The van der Waals surface area contributed by atoms with Gasteiger partial charge in [-0.25, -0.2) is 4.68 Å². The van der Waals surface area contributed by atoms with E-state index in [4.69, 9.17) is 11.6 Å². The SMILES string of the molecule is CCn1ncc(NCC2(N(C)C)CCCC2)c(Cl)c1=O. The second kappa shape index (κ2) is 6.14. The Labute approximate surface area is 124 Å². The summed E-state index contributed by atoms with van der Waals surface area (Å²) in [6.07, 6.45) is 6.49. The fraction of sp³-hybridized carbons (Fsp3) is 0.714. The van der Waals surface area contributed by atoms with Crippen molar-refractivity contribution >= 4 is 17.3 Å². The molecule has 0 radical (unpaired) electrons. The Bertz CT molecular complexity index is 520. The molecule has 0 bridgehead atoms. The molecule has 2 rings (SSSR count). The van der Waals surface area contributed by atoms with Gasteiger partial charge in [0.05, 0.1) is 11.9 Å². The highest BCUT2D eigenvalue weighted by Crippen LogP contribution is 2.34. The van der Waals surface area contributed by atoms with Gasteiger partial charge in [-0.1, -0.05) is 24.4 Å². The van der Waals surface area contributed by atoms with Crippen LogP contribution in [0.15, 0.2) is 11.0 Å². The van der Waals surface area contributed by atoms with Crippen molar-refractivity contribution in [3.8, 4) is 0 Å². The van der Waals surface area contributed by atoms with E-state index in [2.05, 4.69) is 29.4 Å². The fourth-order valence-corrected chi connectivity index (χ4v) is 3.10. The summed E-state index contributed by atoms with van der Waals surface area (Å²) < 4.78 is 1.37. The van der Waals surface area contributed by atoms with E-state index >= 15 is 0 Å². The lowest BCUT2D eigenvalue weighted by Gasteiger charge is -2.36. The van der Waals surface area contributed by atoms with Crippen molar-refractivity contribution < 1.29 is 0 Å². The molecule has 112 valence electrons. The van der Waals surface area contributed by atoms with Gasteiger partial charge in [0.15, 0.2) is 0 Å². The summed E-state index contributed by atoms with van der Waals surface area (Å²) >= 11 is 6.14. The van der Waals surface area contributed by atoms with E-state index in [0.717, 1.165) is 6.54 Å². The van der Waals surface area contributed by atoms with Crippen LogP contribution < -0.4 is 10.9 Å². The minimum Gasteiger partial charge on any atom is -0.381 e. The van der Waals surface area contributed by atoms with Crippen molar-refractivity contribution in [3.05, 3.63) is 21.6 Å². The number of aromatic nitrogens is 2. The van der Waals surface area contributed by atoms with Crippen molar-refractivity contribution in [2.24, 2.45) is 0 Å². The van der Waals surface area contributed by atoms with Crippen LogP contribution >= 0.6 is 11.6 Å². The van der Waals surface area contributed by atoms with Gasteiger partial charge in [0, 0.05) is 18.6 Å². The predicted molar refractivity (Wildman–Crippen MR) is 82.6 cm³/mol. The van der Waals surface area contributed by atoms with E-state index < -0.39 is 0 Å². The number of rotatable bonds is 5. The number of halogens is 1. The van der Waals surface area contributed by atoms with E-state index in [1.807, 2.05) is 6.92 Å². The van der Waals surface area contributed by atoms with Gasteiger partial charge in [-0.2, -0.15) is 5.10 Å². The highest BCUT2D eigenvalue weighted by Gasteiger charge is 2.35. The molecule has 0 unspecified atom stereocenters. The van der Waals surface area contributed by atoms with Gasteiger partial charge in [0.1, 0.15) is 5.02 Å². The molecule has 1 N–H and O–H groups in total. The first-order valence-electron chi connectivity index (χ1n) is 7.17. The topological polar surface area (TPSA) is 50.2 Å². The summed E-state index contributed by atoms with van der Waals surface area (Å²) in [7, 11) is 4.23. The van der Waals surface area contributed by atoms with Gasteiger partial charge in [-0.05, 0) is 33.9 Å². The van der Waals surface area contributed by atoms with Crippen LogP contribution in [-0.2, 0) is 6.54 Å². The largest absolute Gasteiger partial charge is 0.381 e. The summed E-state index contributed by atoms with van der Waals surface area (Å²) in [6, 6.07) is 0. The van der Waals surface area contributed by atoms with Crippen molar-refractivity contribution in [2.75, 3.05) is 26.0 Å². The van der Waals surface area contributed by atoms with Crippen LogP contribution in [0.3, 0.4) is 0 Å². The Morgan fingerprint density at radius 2 is 2.10 bits per heavy atom. The number of hydrogen-bond donors (Lipinski definition) is 1. The van der Waals surface area contributed by atoms with Crippen molar-refractivity contribution in [2.45, 2.75) is 44.7 Å². The molecule has 0 spiro atoms. The first-order valence-corrected chi connectivity index (χ1v) is 7.55. The first-order chi connectivity index (χ1) is 9.50. The monoisotopic (exact) mass is 298 g/mol. The third-order valence-electron chi connectivity index (χ3n) is 4.38. The predicted octanol–water partition coefficient (Wildman–Crippen LogP) is 2.20. The number of nitrogens with one attached hydrogen (secondary N) is 1. The van der Waals surface area contributed by atoms with Crippen molar-refractivity contribution in [3.63, 3.8) is 0 Å². The molecule has 1 saturated carbocycles. The van der Waals surface area contributed by atoms with Crippen LogP contribution in [0.25, 0.3) is 0 Å². The van der Waals surface area contributed by atoms with E-state index in [1.54, 1.807) is 6.20 Å². The molecule has 1 fully saturated rings. The zero-order valence-electron chi connectivity index (χ0n) is 12.4. The number of anilines is 1. The van der Waals surface area contributed by atoms with Crippen LogP contribution in [-0.4, -0.2) is 40.9 Å². The molecule has 1 aromatic rings. The van der Waals surface area contributed by atoms with Gasteiger partial charge in [0.25, 0.3) is 5.56 Å². The average Bonchev–Trinajstić information content (AvgIpc) is 2.91. The smallest absolute Gasteiger partial charge is 0.287 e. The molecule has 1 aromatic heterocycles. The van der Waals surface area contributed by atoms with Crippen LogP contribution in [0.1, 0.15) is 32.6 Å². The molecular formula is C14H23ClN4O. The van der Waals surface area contributed by atoms with Gasteiger partial charge in [-0.3, -0.25) is 4.79 Å². The Hall–Kier alpha value is -1.07. The minimum absolute atomic E-state index is 0.156. The van der Waals surface area contributed by atoms with Crippen molar-refractivity contribution in [1.29, 1.82) is 0 Å². The van der Waals surface area contributed by atoms with Gasteiger partial charge in [-0.15, -0.1) is 0 Å². The number of hydrogen-bond acceptors (Lipinski definition) is 4. The molecule has 0 aromatic carbocycles. The quantitative estimate of drug-likeness (QED) is 0.905. The van der Waals surface area contributed by atoms with Crippen LogP contribution in [0.2, 0.25) is 5.02 Å². The average molecular weight is 299 g/mol. The Kier molecular flexibility index (Phi) is 4.70. The Morgan fingerprint density at radius 1 is 1.45 bits per heavy atom. The second-order valence-electron chi connectivity index (χ2n) is 5.67. The van der Waals surface area contributed by atoms with E-state index in [0.29, 0.717) is 12.2 Å². The fourth-order valence-electron chi connectivity index (χ4n) is 2.89. The van der Waals surface area contributed by atoms with Gasteiger partial charge in [0.2, 0.25) is 0 Å². The summed E-state index contributed by atoms with van der Waals surface area (Å²) in [5, 5.41) is 7.66. The lowest BCUT2D eigenvalue weighted by molar-refractivity contribution is 0.172. The standard InChI is InChI=1S/C14H23ClN4O/c1-4-19-13(20)12(15)11(9-17-19)16-10-14(18(2)3)7-5-6-8-14/h9,16H,4-8,10H2,1-3H3. The third-order valence-corrected chi connectivity index (χ3v) is 4.74. The van der Waals surface area contributed by atoms with Crippen LogP contribution in [0, 0.1) is 0 Å². The van der Waals surface area contributed by atoms with E-state index in [1.165, 1.54) is 30.4 Å². The molecule has 1 heterocycles. The molecule has 5 nitrogen and oxygen atoms in total. The maximum absolute atomic E-state index is 11.9. The number of aryl methyl sites for hydroxylation is 1. The zero-order chi connectivity index (χ0) is 14.8. The summed E-state index contributed by atoms with van der Waals surface area (Å²) in [4.78, 5) is 14.2. The second-order valence-corrected chi connectivity index (χ2v) is 6.05. The van der Waals surface area contributed by atoms with Crippen LogP contribution in [0.5, 0.6) is 0 Å². The lowest BCUT2D eigenvalue weighted by Crippen LogP contribution is -2.47. The van der Waals surface area contributed by atoms with Crippen molar-refractivity contribution in [1.82, 2.24) is 14.7 Å². The highest BCUT2D eigenvalue weighted by atomic mass is 35.5. The zero-order valence-corrected chi connectivity index (χ0v) is 13.2. The minimum atomic E-state index is -0.232. The first kappa shape index (κ1) is 15.3. The maximum Gasteiger partial charge on any atom is 0.287 e. The molecular weight excluding hydrogens is 276 g/mol. The van der Waals surface area contributed by atoms with Crippen LogP contribution in [0.4, 0.5) is 5.69 Å². The molecule has 6 heteroatoms. The van der Waals surface area contributed by atoms with Gasteiger partial charge >= 0.3 is 0 Å². The van der Waals surface area contributed by atoms with Gasteiger partial charge < -0.3 is 10.2 Å².